The lowest BCUT2D eigenvalue weighted by atomic mass is 9.80. The maximum Gasteiger partial charge on any atom is 0.0569 e. The molecule has 0 radical (unpaired) electrons. The van der Waals surface area contributed by atoms with Gasteiger partial charge < -0.3 is 0 Å². The lowest BCUT2D eigenvalue weighted by molar-refractivity contribution is 0.437. The summed E-state index contributed by atoms with van der Waals surface area (Å²) in [6.45, 7) is 0. The maximum absolute atomic E-state index is 6.02. The van der Waals surface area contributed by atoms with Crippen LogP contribution in [0.3, 0.4) is 0 Å². The number of hydrogen-bond donors (Lipinski definition) is 0. The summed E-state index contributed by atoms with van der Waals surface area (Å²) in [5.41, 5.74) is 1.14. The highest BCUT2D eigenvalue weighted by Gasteiger charge is 2.39. The van der Waals surface area contributed by atoms with Gasteiger partial charge in [-0.3, -0.25) is 0 Å². The molecule has 1 fully saturated rings. The minimum Gasteiger partial charge on any atom is -0.159 e. The van der Waals surface area contributed by atoms with Crippen LogP contribution in [0, 0.1) is 0 Å². The fourth-order valence-electron chi connectivity index (χ4n) is 1.40. The van der Waals surface area contributed by atoms with Crippen LogP contribution < -0.4 is 0 Å². The molecule has 1 aliphatic rings. The van der Waals surface area contributed by atoms with Crippen LogP contribution in [-0.2, 0) is 0 Å². The molecule has 2 rings (SSSR count). The summed E-state index contributed by atoms with van der Waals surface area (Å²) < 4.78 is 0. The van der Waals surface area contributed by atoms with Crippen LogP contribution in [0.25, 0.3) is 0 Å². The summed E-state index contributed by atoms with van der Waals surface area (Å²) in [5.74, 6) is 0.365. The zero-order chi connectivity index (χ0) is 8.55. The highest BCUT2D eigenvalue weighted by atomic mass is 35.5. The van der Waals surface area contributed by atoms with Crippen LogP contribution in [0.4, 0.5) is 0 Å². The van der Waals surface area contributed by atoms with E-state index in [9.17, 15) is 0 Å². The van der Waals surface area contributed by atoms with Crippen molar-refractivity contribution in [2.45, 2.75) is 23.1 Å². The molecule has 1 heterocycles. The summed E-state index contributed by atoms with van der Waals surface area (Å²) in [7, 11) is 0. The molecule has 0 spiro atoms. The van der Waals surface area contributed by atoms with Gasteiger partial charge in [0.15, 0.2) is 0 Å². The fourth-order valence-corrected chi connectivity index (χ4v) is 2.12. The fraction of sp³-hybridized carbons (Fsp3) is 0.500. The molecule has 0 saturated heterocycles. The molecule has 1 aromatic heterocycles. The van der Waals surface area contributed by atoms with Crippen LogP contribution >= 0.6 is 23.2 Å². The van der Waals surface area contributed by atoms with Gasteiger partial charge in [0.2, 0.25) is 0 Å². The third-order valence-corrected chi connectivity index (χ3v) is 3.43. The summed E-state index contributed by atoms with van der Waals surface area (Å²) in [4.78, 5) is 0. The largest absolute Gasteiger partial charge is 0.159 e. The smallest absolute Gasteiger partial charge is 0.0569 e. The number of aromatic nitrogens is 2. The van der Waals surface area contributed by atoms with Gasteiger partial charge in [-0.1, -0.05) is 0 Å². The quantitative estimate of drug-likeness (QED) is 0.653. The van der Waals surface area contributed by atoms with E-state index < -0.39 is 0 Å². The Morgan fingerprint density at radius 1 is 1.33 bits per heavy atom. The maximum atomic E-state index is 6.02. The van der Waals surface area contributed by atoms with Crippen molar-refractivity contribution in [1.29, 1.82) is 0 Å². The van der Waals surface area contributed by atoms with Crippen LogP contribution in [0.1, 0.15) is 17.9 Å². The Labute approximate surface area is 80.9 Å². The van der Waals surface area contributed by atoms with Crippen molar-refractivity contribution in [2.75, 3.05) is 0 Å². The Hall–Kier alpha value is -0.340. The van der Waals surface area contributed by atoms with Crippen molar-refractivity contribution in [1.82, 2.24) is 10.2 Å². The molecule has 0 aromatic carbocycles. The van der Waals surface area contributed by atoms with E-state index in [1.165, 1.54) is 0 Å². The van der Waals surface area contributed by atoms with Crippen LogP contribution in [0.15, 0.2) is 18.5 Å². The predicted molar refractivity (Wildman–Crippen MR) is 48.7 cm³/mol. The third-order valence-electron chi connectivity index (χ3n) is 2.24. The Morgan fingerprint density at radius 2 is 2.17 bits per heavy atom. The van der Waals surface area contributed by atoms with Crippen molar-refractivity contribution in [3.05, 3.63) is 24.0 Å². The minimum absolute atomic E-state index is 0.0517. The second-order valence-corrected chi connectivity index (χ2v) is 4.04. The molecule has 64 valence electrons. The normalized spacial score (nSPS) is 34.3. The van der Waals surface area contributed by atoms with E-state index in [0.717, 1.165) is 12.0 Å². The Balaban J connectivity index is 2.13. The van der Waals surface area contributed by atoms with Crippen LogP contribution in [0.5, 0.6) is 0 Å². The second kappa shape index (κ2) is 3.19. The average Bonchev–Trinajstić information content (AvgIpc) is 2.15. The molecule has 0 bridgehead atoms. The molecule has 0 aliphatic heterocycles. The third kappa shape index (κ3) is 1.29. The van der Waals surface area contributed by atoms with Gasteiger partial charge in [0.1, 0.15) is 0 Å². The number of alkyl halides is 2. The van der Waals surface area contributed by atoms with Crippen LogP contribution in [0.2, 0.25) is 0 Å². The first-order chi connectivity index (χ1) is 5.79. The number of halogens is 2. The predicted octanol–water partition coefficient (Wildman–Crippen LogP) is 2.18. The highest BCUT2D eigenvalue weighted by molar-refractivity contribution is 6.31. The second-order valence-electron chi connectivity index (χ2n) is 2.98. The first-order valence-corrected chi connectivity index (χ1v) is 4.71. The van der Waals surface area contributed by atoms with Gasteiger partial charge in [-0.25, -0.2) is 0 Å². The number of nitrogens with zero attached hydrogens (tertiary/aromatic N) is 2. The summed E-state index contributed by atoms with van der Waals surface area (Å²) in [6, 6.07) is 1.94. The molecule has 1 aromatic rings. The van der Waals surface area contributed by atoms with Gasteiger partial charge in [0.05, 0.1) is 17.0 Å². The monoisotopic (exact) mass is 202 g/mol. The lowest BCUT2D eigenvalue weighted by Gasteiger charge is -2.36. The van der Waals surface area contributed by atoms with E-state index in [1.54, 1.807) is 12.4 Å². The first-order valence-electron chi connectivity index (χ1n) is 3.84. The van der Waals surface area contributed by atoms with E-state index in [0.29, 0.717) is 5.92 Å². The van der Waals surface area contributed by atoms with E-state index in [1.807, 2.05) is 6.07 Å². The standard InChI is InChI=1S/C8H8Cl2N2/c9-7-3-6(8(7)10)5-1-2-11-12-4-5/h1-2,4,6-8H,3H2. The van der Waals surface area contributed by atoms with Crippen molar-refractivity contribution in [3.8, 4) is 0 Å². The zero-order valence-corrected chi connectivity index (χ0v) is 7.83. The van der Waals surface area contributed by atoms with Crippen molar-refractivity contribution in [2.24, 2.45) is 0 Å². The Bertz CT molecular complexity index is 265. The summed E-state index contributed by atoms with van der Waals surface area (Å²) in [6.07, 6.45) is 4.38. The van der Waals surface area contributed by atoms with E-state index in [-0.39, 0.29) is 10.8 Å². The highest BCUT2D eigenvalue weighted by Crippen LogP contribution is 2.43. The molecular formula is C8H8Cl2N2. The van der Waals surface area contributed by atoms with Gasteiger partial charge in [0.25, 0.3) is 0 Å². The van der Waals surface area contributed by atoms with Gasteiger partial charge in [0, 0.05) is 12.1 Å². The number of hydrogen-bond acceptors (Lipinski definition) is 2. The van der Waals surface area contributed by atoms with Crippen molar-refractivity contribution < 1.29 is 0 Å². The van der Waals surface area contributed by atoms with Gasteiger partial charge in [-0.2, -0.15) is 10.2 Å². The molecule has 3 unspecified atom stereocenters. The molecule has 0 amide bonds. The molecule has 0 N–H and O–H groups in total. The molecule has 4 heteroatoms. The van der Waals surface area contributed by atoms with Crippen molar-refractivity contribution >= 4 is 23.2 Å². The number of rotatable bonds is 1. The molecule has 1 aliphatic carbocycles. The SMILES string of the molecule is ClC1CC(c2ccnnc2)C1Cl. The molecule has 12 heavy (non-hydrogen) atoms. The topological polar surface area (TPSA) is 25.8 Å². The van der Waals surface area contributed by atoms with Crippen LogP contribution in [-0.4, -0.2) is 21.0 Å². The Morgan fingerprint density at radius 3 is 2.67 bits per heavy atom. The van der Waals surface area contributed by atoms with Gasteiger partial charge >= 0.3 is 0 Å². The summed E-state index contributed by atoms with van der Waals surface area (Å²) in [5, 5.41) is 7.67. The first kappa shape index (κ1) is 8.27. The van der Waals surface area contributed by atoms with E-state index in [2.05, 4.69) is 10.2 Å². The minimum atomic E-state index is 0.0517. The Kier molecular flexibility index (Phi) is 2.20. The molecular weight excluding hydrogens is 195 g/mol. The zero-order valence-electron chi connectivity index (χ0n) is 6.32. The summed E-state index contributed by atoms with van der Waals surface area (Å²) >= 11 is 11.9. The van der Waals surface area contributed by atoms with Gasteiger partial charge in [-0.05, 0) is 18.1 Å². The molecule has 2 nitrogen and oxygen atoms in total. The lowest BCUT2D eigenvalue weighted by Crippen LogP contribution is -2.36. The molecule has 1 saturated carbocycles. The van der Waals surface area contributed by atoms with Crippen molar-refractivity contribution in [3.63, 3.8) is 0 Å². The molecule has 3 atom stereocenters. The average molecular weight is 203 g/mol. The van der Waals surface area contributed by atoms with E-state index >= 15 is 0 Å². The van der Waals surface area contributed by atoms with E-state index in [4.69, 9.17) is 23.2 Å². The van der Waals surface area contributed by atoms with Gasteiger partial charge in [-0.15, -0.1) is 23.2 Å².